The van der Waals surface area contributed by atoms with Gasteiger partial charge in [0.05, 0.1) is 0 Å². The molecule has 0 heterocycles. The molecule has 0 amide bonds. The summed E-state index contributed by atoms with van der Waals surface area (Å²) in [5, 5.41) is 0. The molecule has 0 spiro atoms. The van der Waals surface area contributed by atoms with E-state index in [-0.39, 0.29) is 0 Å². The van der Waals surface area contributed by atoms with Crippen LogP contribution in [0.1, 0.15) is 19.3 Å². The first-order chi connectivity index (χ1) is 6.36. The average Bonchev–Trinajstić information content (AvgIpc) is 2.74. The van der Waals surface area contributed by atoms with Gasteiger partial charge in [-0.1, -0.05) is 0 Å². The first kappa shape index (κ1) is 6.21. The van der Waals surface area contributed by atoms with Gasteiger partial charge in [0.15, 0.2) is 0 Å². The van der Waals surface area contributed by atoms with Crippen molar-refractivity contribution in [2.24, 2.45) is 47.3 Å². The van der Waals surface area contributed by atoms with E-state index in [2.05, 4.69) is 0 Å². The van der Waals surface area contributed by atoms with Gasteiger partial charge in [-0.15, -0.1) is 0 Å². The van der Waals surface area contributed by atoms with Gasteiger partial charge < -0.3 is 0 Å². The summed E-state index contributed by atoms with van der Waals surface area (Å²) >= 11 is 0. The lowest BCUT2D eigenvalue weighted by Gasteiger charge is -2.26. The van der Waals surface area contributed by atoms with Crippen molar-refractivity contribution < 1.29 is 4.79 Å². The molecule has 0 aromatic rings. The first-order valence-corrected chi connectivity index (χ1v) is 5.90. The van der Waals surface area contributed by atoms with Crippen molar-refractivity contribution in [2.45, 2.75) is 19.3 Å². The van der Waals surface area contributed by atoms with Crippen LogP contribution in [0.4, 0.5) is 0 Å². The molecule has 8 unspecified atom stereocenters. The molecule has 5 fully saturated rings. The van der Waals surface area contributed by atoms with Crippen LogP contribution in [-0.4, -0.2) is 5.78 Å². The highest BCUT2D eigenvalue weighted by Gasteiger charge is 2.75. The maximum atomic E-state index is 12.1. The van der Waals surface area contributed by atoms with Crippen LogP contribution in [0.3, 0.4) is 0 Å². The maximum Gasteiger partial charge on any atom is 0.139 e. The van der Waals surface area contributed by atoms with E-state index in [9.17, 15) is 4.79 Å². The molecular weight excluding hydrogens is 160 g/mol. The quantitative estimate of drug-likeness (QED) is 0.546. The second kappa shape index (κ2) is 1.51. The number of hydrogen-bond donors (Lipinski definition) is 0. The molecule has 0 aliphatic heterocycles. The van der Waals surface area contributed by atoms with Gasteiger partial charge in [0.1, 0.15) is 5.78 Å². The zero-order chi connectivity index (χ0) is 8.32. The van der Waals surface area contributed by atoms with Crippen molar-refractivity contribution in [3.63, 3.8) is 0 Å². The highest BCUT2D eigenvalue weighted by molar-refractivity contribution is 5.89. The van der Waals surface area contributed by atoms with Gasteiger partial charge >= 0.3 is 0 Å². The number of Topliss-reactive ketones (excluding diaryl/α,β-unsaturated/α-hetero) is 1. The summed E-state index contributed by atoms with van der Waals surface area (Å²) in [6.45, 7) is 0. The van der Waals surface area contributed by atoms with E-state index >= 15 is 0 Å². The molecule has 1 nitrogen and oxygen atoms in total. The summed E-state index contributed by atoms with van der Waals surface area (Å²) in [7, 11) is 0. The van der Waals surface area contributed by atoms with E-state index in [1.807, 2.05) is 0 Å². The molecule has 8 atom stereocenters. The molecule has 0 radical (unpaired) electrons. The summed E-state index contributed by atoms with van der Waals surface area (Å²) in [4.78, 5) is 12.1. The van der Waals surface area contributed by atoms with Crippen LogP contribution in [0.25, 0.3) is 0 Å². The number of fused-ring (bicyclic) bond motifs is 5. The van der Waals surface area contributed by atoms with Gasteiger partial charge in [0.2, 0.25) is 0 Å². The average molecular weight is 174 g/mol. The number of carbonyl (C=O) groups is 1. The fourth-order valence-electron chi connectivity index (χ4n) is 6.40. The van der Waals surface area contributed by atoms with Crippen LogP contribution in [-0.2, 0) is 4.79 Å². The molecule has 4 bridgehead atoms. The first-order valence-electron chi connectivity index (χ1n) is 5.90. The summed E-state index contributed by atoms with van der Waals surface area (Å²) in [5.41, 5.74) is 0. The normalized spacial score (nSPS) is 74.9. The molecule has 0 saturated heterocycles. The zero-order valence-corrected chi connectivity index (χ0v) is 7.65. The summed E-state index contributed by atoms with van der Waals surface area (Å²) in [6, 6.07) is 0. The van der Waals surface area contributed by atoms with Gasteiger partial charge in [-0.25, -0.2) is 0 Å². The van der Waals surface area contributed by atoms with Gasteiger partial charge in [0.25, 0.3) is 0 Å². The molecule has 5 aliphatic rings. The second-order valence-electron chi connectivity index (χ2n) is 6.15. The van der Waals surface area contributed by atoms with Crippen LogP contribution in [0.15, 0.2) is 0 Å². The molecule has 5 saturated carbocycles. The Hall–Kier alpha value is -0.330. The van der Waals surface area contributed by atoms with Crippen molar-refractivity contribution in [2.75, 3.05) is 0 Å². The Labute approximate surface area is 77.9 Å². The van der Waals surface area contributed by atoms with Crippen LogP contribution in [0.5, 0.6) is 0 Å². The Kier molecular flexibility index (Phi) is 0.721. The van der Waals surface area contributed by atoms with Gasteiger partial charge in [-0.3, -0.25) is 4.79 Å². The monoisotopic (exact) mass is 174 g/mol. The van der Waals surface area contributed by atoms with Crippen molar-refractivity contribution in [3.05, 3.63) is 0 Å². The summed E-state index contributed by atoms with van der Waals surface area (Å²) in [6.07, 6.45) is 4.26. The van der Waals surface area contributed by atoms with Crippen molar-refractivity contribution in [1.82, 2.24) is 0 Å². The molecule has 5 rings (SSSR count). The van der Waals surface area contributed by atoms with Crippen LogP contribution in [0.2, 0.25) is 0 Å². The fourth-order valence-corrected chi connectivity index (χ4v) is 6.40. The molecular formula is C12H14O. The largest absolute Gasteiger partial charge is 0.299 e. The van der Waals surface area contributed by atoms with E-state index in [1.54, 1.807) is 0 Å². The van der Waals surface area contributed by atoms with E-state index in [0.717, 1.165) is 35.5 Å². The maximum absolute atomic E-state index is 12.1. The van der Waals surface area contributed by atoms with Crippen LogP contribution >= 0.6 is 0 Å². The Morgan fingerprint density at radius 2 is 1.77 bits per heavy atom. The van der Waals surface area contributed by atoms with Gasteiger partial charge in [0, 0.05) is 11.8 Å². The van der Waals surface area contributed by atoms with Crippen molar-refractivity contribution in [3.8, 4) is 0 Å². The van der Waals surface area contributed by atoms with E-state index < -0.39 is 0 Å². The van der Waals surface area contributed by atoms with Crippen molar-refractivity contribution in [1.29, 1.82) is 0 Å². The Morgan fingerprint density at radius 3 is 2.69 bits per heavy atom. The number of rotatable bonds is 0. The predicted octanol–water partition coefficient (Wildman–Crippen LogP) is 1.72. The SMILES string of the molecule is O=C1C2CC3C1C1CC4CC1C3C42. The van der Waals surface area contributed by atoms with E-state index in [4.69, 9.17) is 0 Å². The Morgan fingerprint density at radius 1 is 0.923 bits per heavy atom. The molecule has 13 heavy (non-hydrogen) atoms. The molecule has 0 aromatic carbocycles. The van der Waals surface area contributed by atoms with Crippen molar-refractivity contribution >= 4 is 5.78 Å². The molecule has 5 aliphatic carbocycles. The third-order valence-corrected chi connectivity index (χ3v) is 6.28. The Bertz CT molecular complexity index is 332. The van der Waals surface area contributed by atoms with Gasteiger partial charge in [-0.2, -0.15) is 0 Å². The fraction of sp³-hybridized carbons (Fsp3) is 0.917. The Balaban J connectivity index is 1.87. The predicted molar refractivity (Wildman–Crippen MR) is 46.8 cm³/mol. The second-order valence-corrected chi connectivity index (χ2v) is 6.15. The minimum atomic E-state index is 0.558. The zero-order valence-electron chi connectivity index (χ0n) is 7.65. The third-order valence-electron chi connectivity index (χ3n) is 6.28. The minimum Gasteiger partial charge on any atom is -0.299 e. The lowest BCUT2D eigenvalue weighted by molar-refractivity contribution is -0.127. The smallest absolute Gasteiger partial charge is 0.139 e. The van der Waals surface area contributed by atoms with Crippen LogP contribution in [0, 0.1) is 47.3 Å². The number of hydrogen-bond acceptors (Lipinski definition) is 1. The molecule has 0 N–H and O–H groups in total. The highest BCUT2D eigenvalue weighted by Crippen LogP contribution is 2.77. The molecule has 0 aromatic heterocycles. The van der Waals surface area contributed by atoms with E-state index in [0.29, 0.717) is 17.6 Å². The number of carbonyl (C=O) groups excluding carboxylic acids is 1. The number of ketones is 1. The highest BCUT2D eigenvalue weighted by atomic mass is 16.1. The van der Waals surface area contributed by atoms with E-state index in [1.165, 1.54) is 19.3 Å². The van der Waals surface area contributed by atoms with Crippen LogP contribution < -0.4 is 0 Å². The lowest BCUT2D eigenvalue weighted by atomic mass is 9.77. The molecule has 1 heteroatoms. The summed E-state index contributed by atoms with van der Waals surface area (Å²) in [5.74, 6) is 7.52. The third kappa shape index (κ3) is 0.409. The minimum absolute atomic E-state index is 0.558. The molecule has 68 valence electrons. The standard InChI is InChI=1S/C12H14O/c13-12-8-3-7-10-5-1-4(9(8)10)2-6(5)11(7)12/h4-11H,1-3H2. The lowest BCUT2D eigenvalue weighted by Crippen LogP contribution is -2.28. The summed E-state index contributed by atoms with van der Waals surface area (Å²) < 4.78 is 0. The topological polar surface area (TPSA) is 17.1 Å². The van der Waals surface area contributed by atoms with Gasteiger partial charge in [-0.05, 0) is 54.8 Å².